The monoisotopic (exact) mass is 462 g/mol. The number of nitrogens with zero attached hydrogens (tertiary/aromatic N) is 2. The van der Waals surface area contributed by atoms with Crippen LogP contribution in [0, 0.1) is 0 Å². The molecule has 0 bridgehead atoms. The molecule has 1 N–H and O–H groups in total. The van der Waals surface area contributed by atoms with Crippen molar-refractivity contribution in [1.82, 2.24) is 9.80 Å². The molecule has 180 valence electrons. The highest BCUT2D eigenvalue weighted by atomic mass is 16.6. The fraction of sp³-hybridized carbons (Fsp3) is 0.500. The summed E-state index contributed by atoms with van der Waals surface area (Å²) in [6, 6.07) is 13.3. The number of piperidine rings is 1. The van der Waals surface area contributed by atoms with Crippen LogP contribution in [0.4, 0.5) is 4.79 Å². The Morgan fingerprint density at radius 2 is 1.74 bits per heavy atom. The van der Waals surface area contributed by atoms with Crippen molar-refractivity contribution in [1.29, 1.82) is 0 Å². The van der Waals surface area contributed by atoms with Crippen LogP contribution in [-0.2, 0) is 34.3 Å². The minimum Gasteiger partial charge on any atom is -0.508 e. The number of hydrogen-bond donors (Lipinski definition) is 1. The van der Waals surface area contributed by atoms with Crippen molar-refractivity contribution in [2.24, 2.45) is 0 Å². The second kappa shape index (κ2) is 8.33. The molecule has 6 heteroatoms. The van der Waals surface area contributed by atoms with E-state index < -0.39 is 17.7 Å². The standard InChI is InChI=1S/C28H34N2O4/c1-27(2,3)34-26(33)30-18-20-8-9-22(31)16-21(20)17-24(30)25(32)29-14-12-28(13-15-29)11-10-19-6-4-5-7-23(19)28/h4-9,16,24,31H,10-15,17-18H2,1-3H3. The lowest BCUT2D eigenvalue weighted by atomic mass is 9.73. The summed E-state index contributed by atoms with van der Waals surface area (Å²) in [5.74, 6) is 0.150. The van der Waals surface area contributed by atoms with E-state index in [1.165, 1.54) is 11.1 Å². The van der Waals surface area contributed by atoms with Crippen LogP contribution in [0.15, 0.2) is 42.5 Å². The lowest BCUT2D eigenvalue weighted by Gasteiger charge is -2.43. The van der Waals surface area contributed by atoms with Crippen molar-refractivity contribution in [3.63, 3.8) is 0 Å². The predicted octanol–water partition coefficient (Wildman–Crippen LogP) is 4.56. The highest BCUT2D eigenvalue weighted by Gasteiger charge is 2.44. The summed E-state index contributed by atoms with van der Waals surface area (Å²) < 4.78 is 5.67. The Balaban J connectivity index is 1.36. The van der Waals surface area contributed by atoms with Gasteiger partial charge in [-0.25, -0.2) is 4.79 Å². The first-order valence-electron chi connectivity index (χ1n) is 12.3. The van der Waals surface area contributed by atoms with E-state index in [0.717, 1.165) is 36.8 Å². The predicted molar refractivity (Wildman–Crippen MR) is 130 cm³/mol. The van der Waals surface area contributed by atoms with Gasteiger partial charge < -0.3 is 14.7 Å². The van der Waals surface area contributed by atoms with Gasteiger partial charge in [0.25, 0.3) is 0 Å². The lowest BCUT2D eigenvalue weighted by Crippen LogP contribution is -2.56. The van der Waals surface area contributed by atoms with Gasteiger partial charge in [-0.3, -0.25) is 9.69 Å². The fourth-order valence-corrected chi connectivity index (χ4v) is 5.95. The number of aromatic hydroxyl groups is 1. The van der Waals surface area contributed by atoms with Gasteiger partial charge >= 0.3 is 6.09 Å². The average molecular weight is 463 g/mol. The Labute approximate surface area is 201 Å². The molecule has 6 nitrogen and oxygen atoms in total. The van der Waals surface area contributed by atoms with E-state index in [9.17, 15) is 14.7 Å². The van der Waals surface area contributed by atoms with Crippen LogP contribution in [0.25, 0.3) is 0 Å². The summed E-state index contributed by atoms with van der Waals surface area (Å²) in [7, 11) is 0. The summed E-state index contributed by atoms with van der Waals surface area (Å²) in [6.45, 7) is 7.19. The Bertz CT molecular complexity index is 1110. The van der Waals surface area contributed by atoms with Crippen molar-refractivity contribution in [2.75, 3.05) is 13.1 Å². The van der Waals surface area contributed by atoms with E-state index in [0.29, 0.717) is 26.1 Å². The highest BCUT2D eigenvalue weighted by Crippen LogP contribution is 2.46. The van der Waals surface area contributed by atoms with Gasteiger partial charge in [-0.15, -0.1) is 0 Å². The second-order valence-corrected chi connectivity index (χ2v) is 11.0. The van der Waals surface area contributed by atoms with Crippen molar-refractivity contribution < 1.29 is 19.4 Å². The zero-order valence-corrected chi connectivity index (χ0v) is 20.3. The zero-order chi connectivity index (χ0) is 24.1. The van der Waals surface area contributed by atoms with Crippen LogP contribution in [0.5, 0.6) is 5.75 Å². The first-order chi connectivity index (χ1) is 16.2. The fourth-order valence-electron chi connectivity index (χ4n) is 5.95. The number of likely N-dealkylation sites (tertiary alicyclic amines) is 1. The van der Waals surface area contributed by atoms with E-state index in [2.05, 4.69) is 24.3 Å². The molecule has 2 aromatic rings. The van der Waals surface area contributed by atoms with Crippen molar-refractivity contribution in [3.05, 3.63) is 64.7 Å². The number of amides is 2. The number of ether oxygens (including phenoxy) is 1. The number of aryl methyl sites for hydroxylation is 1. The second-order valence-electron chi connectivity index (χ2n) is 11.0. The molecule has 2 heterocycles. The Kier molecular flexibility index (Phi) is 5.58. The summed E-state index contributed by atoms with van der Waals surface area (Å²) in [6.07, 6.45) is 4.07. The van der Waals surface area contributed by atoms with E-state index in [1.54, 1.807) is 17.0 Å². The quantitative estimate of drug-likeness (QED) is 0.675. The number of rotatable bonds is 1. The SMILES string of the molecule is CC(C)(C)OC(=O)N1Cc2ccc(O)cc2CC1C(=O)N1CCC2(CCc3ccccc32)CC1. The Morgan fingerprint density at radius 1 is 1.00 bits per heavy atom. The molecule has 1 atom stereocenters. The largest absolute Gasteiger partial charge is 0.508 e. The molecular formula is C28H34N2O4. The van der Waals surface area contributed by atoms with Gasteiger partial charge in [0, 0.05) is 19.5 Å². The number of carbonyl (C=O) groups excluding carboxylic acids is 2. The minimum absolute atomic E-state index is 0.0269. The smallest absolute Gasteiger partial charge is 0.411 e. The Hall–Kier alpha value is -3.02. The van der Waals surface area contributed by atoms with Gasteiger partial charge in [0.1, 0.15) is 17.4 Å². The number of benzene rings is 2. The lowest BCUT2D eigenvalue weighted by molar-refractivity contribution is -0.139. The van der Waals surface area contributed by atoms with Gasteiger partial charge in [-0.1, -0.05) is 30.3 Å². The van der Waals surface area contributed by atoms with E-state index in [4.69, 9.17) is 4.74 Å². The molecule has 0 aromatic heterocycles. The third-order valence-corrected chi connectivity index (χ3v) is 7.73. The van der Waals surface area contributed by atoms with E-state index in [-0.39, 0.29) is 17.1 Å². The van der Waals surface area contributed by atoms with Gasteiger partial charge in [-0.05, 0) is 86.3 Å². The molecule has 1 fully saturated rings. The average Bonchev–Trinajstić information content (AvgIpc) is 3.15. The number of hydrogen-bond acceptors (Lipinski definition) is 4. The van der Waals surface area contributed by atoms with E-state index >= 15 is 0 Å². The van der Waals surface area contributed by atoms with Crippen molar-refractivity contribution in [3.8, 4) is 5.75 Å². The summed E-state index contributed by atoms with van der Waals surface area (Å²) in [4.78, 5) is 30.4. The van der Waals surface area contributed by atoms with Gasteiger partial charge in [0.05, 0.1) is 6.54 Å². The molecule has 2 aromatic carbocycles. The summed E-state index contributed by atoms with van der Waals surface area (Å²) in [5.41, 5.74) is 4.28. The molecule has 1 saturated heterocycles. The molecule has 5 rings (SSSR count). The molecule has 1 unspecified atom stereocenters. The number of phenols is 1. The van der Waals surface area contributed by atoms with Crippen LogP contribution in [0.3, 0.4) is 0 Å². The summed E-state index contributed by atoms with van der Waals surface area (Å²) >= 11 is 0. The minimum atomic E-state index is -0.646. The van der Waals surface area contributed by atoms with Gasteiger partial charge in [0.15, 0.2) is 0 Å². The zero-order valence-electron chi connectivity index (χ0n) is 20.3. The van der Waals surface area contributed by atoms with Crippen LogP contribution in [0.2, 0.25) is 0 Å². The topological polar surface area (TPSA) is 70.1 Å². The van der Waals surface area contributed by atoms with Crippen molar-refractivity contribution in [2.45, 2.75) is 76.5 Å². The molecule has 34 heavy (non-hydrogen) atoms. The third-order valence-electron chi connectivity index (χ3n) is 7.73. The first-order valence-corrected chi connectivity index (χ1v) is 12.3. The number of phenolic OH excluding ortho intramolecular Hbond substituents is 1. The maximum absolute atomic E-state index is 13.8. The van der Waals surface area contributed by atoms with Gasteiger partial charge in [-0.2, -0.15) is 0 Å². The number of carbonyl (C=O) groups is 2. The Morgan fingerprint density at radius 3 is 2.47 bits per heavy atom. The molecule has 3 aliphatic rings. The van der Waals surface area contributed by atoms with Crippen LogP contribution in [-0.4, -0.2) is 51.6 Å². The molecule has 0 saturated carbocycles. The van der Waals surface area contributed by atoms with Gasteiger partial charge in [0.2, 0.25) is 5.91 Å². The molecule has 2 amide bonds. The third kappa shape index (κ3) is 4.15. The van der Waals surface area contributed by atoms with Crippen molar-refractivity contribution >= 4 is 12.0 Å². The normalized spacial score (nSPS) is 21.2. The molecule has 0 radical (unpaired) electrons. The van der Waals surface area contributed by atoms with E-state index in [1.807, 2.05) is 31.7 Å². The van der Waals surface area contributed by atoms with Crippen LogP contribution in [0.1, 0.15) is 62.3 Å². The molecule has 1 aliphatic carbocycles. The van der Waals surface area contributed by atoms with Crippen LogP contribution < -0.4 is 0 Å². The molecule has 1 spiro atoms. The number of fused-ring (bicyclic) bond motifs is 3. The maximum atomic E-state index is 13.8. The molecular weight excluding hydrogens is 428 g/mol. The first kappa shape index (κ1) is 22.8. The van der Waals surface area contributed by atoms with Crippen LogP contribution >= 0.6 is 0 Å². The summed E-state index contributed by atoms with van der Waals surface area (Å²) in [5, 5.41) is 9.99. The molecule has 2 aliphatic heterocycles. The highest BCUT2D eigenvalue weighted by molar-refractivity contribution is 5.87. The maximum Gasteiger partial charge on any atom is 0.411 e.